The molecule has 0 bridgehead atoms. The molecule has 0 saturated heterocycles. The Bertz CT molecular complexity index is 280. The molecule has 0 aliphatic carbocycles. The molecule has 1 rings (SSSR count). The molecule has 0 aliphatic rings. The van der Waals surface area contributed by atoms with Crippen molar-refractivity contribution in [3.63, 3.8) is 0 Å². The van der Waals surface area contributed by atoms with Gasteiger partial charge >= 0.3 is 0 Å². The molecule has 0 amide bonds. The van der Waals surface area contributed by atoms with Gasteiger partial charge in [0.05, 0.1) is 16.7 Å². The van der Waals surface area contributed by atoms with Crippen molar-refractivity contribution in [3.05, 3.63) is 18.0 Å². The Kier molecular flexibility index (Phi) is 2.81. The second-order valence-corrected chi connectivity index (χ2v) is 3.48. The van der Waals surface area contributed by atoms with Crippen LogP contribution in [0.15, 0.2) is 12.3 Å². The Morgan fingerprint density at radius 1 is 1.83 bits per heavy atom. The van der Waals surface area contributed by atoms with Gasteiger partial charge in [0.1, 0.15) is 0 Å². The van der Waals surface area contributed by atoms with Crippen molar-refractivity contribution in [2.24, 2.45) is 5.73 Å². The van der Waals surface area contributed by atoms with E-state index in [1.165, 1.54) is 0 Å². The van der Waals surface area contributed by atoms with Gasteiger partial charge in [-0.3, -0.25) is 4.68 Å². The topological polar surface area (TPSA) is 43.8 Å². The van der Waals surface area contributed by atoms with Crippen LogP contribution in [0, 0.1) is 6.92 Å². The maximum absolute atomic E-state index is 5.43. The van der Waals surface area contributed by atoms with Crippen molar-refractivity contribution >= 4 is 17.2 Å². The maximum Gasteiger partial charge on any atom is 0.0748 e. The summed E-state index contributed by atoms with van der Waals surface area (Å²) in [4.78, 5) is 0.538. The predicted octanol–water partition coefficient (Wildman–Crippen LogP) is 1.43. The van der Waals surface area contributed by atoms with Crippen LogP contribution >= 0.6 is 12.2 Å². The lowest BCUT2D eigenvalue weighted by atomic mass is 10.2. The first kappa shape index (κ1) is 9.19. The molecule has 12 heavy (non-hydrogen) atoms. The lowest BCUT2D eigenvalue weighted by molar-refractivity contribution is 0.504. The summed E-state index contributed by atoms with van der Waals surface area (Å²) in [5, 5.41) is 4.27. The zero-order chi connectivity index (χ0) is 9.14. The highest BCUT2D eigenvalue weighted by Crippen LogP contribution is 2.09. The molecule has 0 aliphatic heterocycles. The molecule has 4 heteroatoms. The van der Waals surface area contributed by atoms with Crippen LogP contribution < -0.4 is 5.73 Å². The fourth-order valence-corrected chi connectivity index (χ4v) is 1.30. The van der Waals surface area contributed by atoms with Crippen molar-refractivity contribution in [1.82, 2.24) is 9.78 Å². The smallest absolute Gasteiger partial charge is 0.0748 e. The standard InChI is InChI=1S/C8H13N3S/c1-6-3-4-11(10-6)7(2)5-8(9)12/h3-4,7H,5H2,1-2H3,(H2,9,12). The molecule has 0 aromatic carbocycles. The molecule has 0 saturated carbocycles. The van der Waals surface area contributed by atoms with E-state index in [4.69, 9.17) is 18.0 Å². The minimum Gasteiger partial charge on any atom is -0.393 e. The molecule has 0 radical (unpaired) electrons. The van der Waals surface area contributed by atoms with Gasteiger partial charge in [-0.25, -0.2) is 0 Å². The van der Waals surface area contributed by atoms with E-state index in [1.54, 1.807) is 0 Å². The number of thiocarbonyl (C=S) groups is 1. The molecule has 1 aromatic rings. The van der Waals surface area contributed by atoms with E-state index in [2.05, 4.69) is 5.10 Å². The van der Waals surface area contributed by atoms with E-state index in [0.29, 0.717) is 11.4 Å². The molecule has 0 fully saturated rings. The molecule has 1 unspecified atom stereocenters. The van der Waals surface area contributed by atoms with E-state index >= 15 is 0 Å². The monoisotopic (exact) mass is 183 g/mol. The van der Waals surface area contributed by atoms with Crippen molar-refractivity contribution in [3.8, 4) is 0 Å². The molecule has 3 nitrogen and oxygen atoms in total. The van der Waals surface area contributed by atoms with Gasteiger partial charge in [-0.1, -0.05) is 12.2 Å². The van der Waals surface area contributed by atoms with E-state index in [-0.39, 0.29) is 6.04 Å². The highest BCUT2D eigenvalue weighted by Gasteiger charge is 2.05. The largest absolute Gasteiger partial charge is 0.393 e. The van der Waals surface area contributed by atoms with Crippen LogP contribution in [-0.4, -0.2) is 14.8 Å². The molecule has 1 aromatic heterocycles. The summed E-state index contributed by atoms with van der Waals surface area (Å²) in [5.74, 6) is 0. The Balaban J connectivity index is 2.64. The Morgan fingerprint density at radius 3 is 2.92 bits per heavy atom. The zero-order valence-corrected chi connectivity index (χ0v) is 8.14. The summed E-state index contributed by atoms with van der Waals surface area (Å²) >= 11 is 4.82. The molecule has 1 heterocycles. The average molecular weight is 183 g/mol. The van der Waals surface area contributed by atoms with E-state index in [1.807, 2.05) is 30.8 Å². The molecule has 0 spiro atoms. The minimum absolute atomic E-state index is 0.260. The number of rotatable bonds is 3. The lowest BCUT2D eigenvalue weighted by Gasteiger charge is -2.10. The highest BCUT2D eigenvalue weighted by atomic mass is 32.1. The van der Waals surface area contributed by atoms with Gasteiger partial charge in [-0.15, -0.1) is 0 Å². The van der Waals surface area contributed by atoms with Crippen LogP contribution in [0.25, 0.3) is 0 Å². The van der Waals surface area contributed by atoms with Crippen LogP contribution in [-0.2, 0) is 0 Å². The van der Waals surface area contributed by atoms with Crippen LogP contribution in [0.5, 0.6) is 0 Å². The maximum atomic E-state index is 5.43. The van der Waals surface area contributed by atoms with Crippen molar-refractivity contribution in [1.29, 1.82) is 0 Å². The van der Waals surface area contributed by atoms with Crippen LogP contribution in [0.2, 0.25) is 0 Å². The van der Waals surface area contributed by atoms with Crippen molar-refractivity contribution < 1.29 is 0 Å². The normalized spacial score (nSPS) is 12.8. The second-order valence-electron chi connectivity index (χ2n) is 2.96. The summed E-state index contributed by atoms with van der Waals surface area (Å²) in [6.07, 6.45) is 2.65. The molecule has 1 atom stereocenters. The van der Waals surface area contributed by atoms with Gasteiger partial charge in [0.15, 0.2) is 0 Å². The van der Waals surface area contributed by atoms with E-state index in [9.17, 15) is 0 Å². The number of hydrogen-bond donors (Lipinski definition) is 1. The van der Waals surface area contributed by atoms with Crippen molar-refractivity contribution in [2.75, 3.05) is 0 Å². The molecular formula is C8H13N3S. The van der Waals surface area contributed by atoms with Gasteiger partial charge in [-0.05, 0) is 19.9 Å². The number of hydrogen-bond acceptors (Lipinski definition) is 2. The first-order valence-corrected chi connectivity index (χ1v) is 4.30. The van der Waals surface area contributed by atoms with Gasteiger partial charge in [0.25, 0.3) is 0 Å². The number of nitrogens with zero attached hydrogens (tertiary/aromatic N) is 2. The molecular weight excluding hydrogens is 170 g/mol. The average Bonchev–Trinajstić information content (AvgIpc) is 2.34. The fraction of sp³-hybridized carbons (Fsp3) is 0.500. The quantitative estimate of drug-likeness (QED) is 0.721. The van der Waals surface area contributed by atoms with E-state index < -0.39 is 0 Å². The lowest BCUT2D eigenvalue weighted by Crippen LogP contribution is -2.16. The Hall–Kier alpha value is -0.900. The number of aromatic nitrogens is 2. The van der Waals surface area contributed by atoms with Crippen LogP contribution in [0.1, 0.15) is 25.1 Å². The number of nitrogens with two attached hydrogens (primary N) is 1. The zero-order valence-electron chi connectivity index (χ0n) is 7.32. The summed E-state index contributed by atoms with van der Waals surface area (Å²) < 4.78 is 1.88. The van der Waals surface area contributed by atoms with E-state index in [0.717, 1.165) is 5.69 Å². The number of aryl methyl sites for hydroxylation is 1. The summed E-state index contributed by atoms with van der Waals surface area (Å²) in [6, 6.07) is 2.23. The summed E-state index contributed by atoms with van der Waals surface area (Å²) in [5.41, 5.74) is 6.45. The Morgan fingerprint density at radius 2 is 2.50 bits per heavy atom. The Labute approximate surface area is 77.6 Å². The predicted molar refractivity (Wildman–Crippen MR) is 53.1 cm³/mol. The fourth-order valence-electron chi connectivity index (χ4n) is 1.06. The summed E-state index contributed by atoms with van der Waals surface area (Å²) in [7, 11) is 0. The third kappa shape index (κ3) is 2.30. The third-order valence-electron chi connectivity index (χ3n) is 1.69. The summed E-state index contributed by atoms with van der Waals surface area (Å²) in [6.45, 7) is 4.01. The third-order valence-corrected chi connectivity index (χ3v) is 1.86. The van der Waals surface area contributed by atoms with Gasteiger partial charge in [0.2, 0.25) is 0 Å². The van der Waals surface area contributed by atoms with Gasteiger partial charge < -0.3 is 5.73 Å². The van der Waals surface area contributed by atoms with Crippen molar-refractivity contribution in [2.45, 2.75) is 26.3 Å². The minimum atomic E-state index is 0.260. The highest BCUT2D eigenvalue weighted by molar-refractivity contribution is 7.80. The molecule has 2 N–H and O–H groups in total. The van der Waals surface area contributed by atoms with Gasteiger partial charge in [-0.2, -0.15) is 5.10 Å². The molecule has 66 valence electrons. The van der Waals surface area contributed by atoms with Gasteiger partial charge in [0, 0.05) is 12.6 Å². The SMILES string of the molecule is Cc1ccn(C(C)CC(N)=S)n1. The first-order chi connectivity index (χ1) is 5.59. The van der Waals surface area contributed by atoms with Crippen LogP contribution in [0.3, 0.4) is 0 Å². The first-order valence-electron chi connectivity index (χ1n) is 3.89. The second kappa shape index (κ2) is 3.67. The van der Waals surface area contributed by atoms with Crippen LogP contribution in [0.4, 0.5) is 0 Å².